The number of aromatic nitrogens is 1. The highest BCUT2D eigenvalue weighted by atomic mass is 16.2. The summed E-state index contributed by atoms with van der Waals surface area (Å²) in [4.78, 5) is 16.7. The van der Waals surface area contributed by atoms with Crippen molar-refractivity contribution in [1.29, 1.82) is 0 Å². The number of carbonyl (C=O) groups is 1. The summed E-state index contributed by atoms with van der Waals surface area (Å²) in [5, 5.41) is 6.46. The Morgan fingerprint density at radius 2 is 2.26 bits per heavy atom. The second-order valence-corrected chi connectivity index (χ2v) is 5.72. The molecule has 1 saturated heterocycles. The van der Waals surface area contributed by atoms with Crippen LogP contribution in [-0.4, -0.2) is 24.0 Å². The van der Waals surface area contributed by atoms with Gasteiger partial charge in [-0.15, -0.1) is 0 Å². The molecule has 1 unspecified atom stereocenters. The number of pyridine rings is 1. The minimum Gasteiger partial charge on any atom is -0.349 e. The first kappa shape index (κ1) is 14.0. The van der Waals surface area contributed by atoms with Crippen LogP contribution in [0.5, 0.6) is 0 Å². The third kappa shape index (κ3) is 2.78. The van der Waals surface area contributed by atoms with Crippen LogP contribution in [0.3, 0.4) is 0 Å². The molecule has 1 aliphatic heterocycles. The van der Waals surface area contributed by atoms with E-state index in [1.54, 1.807) is 12.4 Å². The number of hydrogen-bond acceptors (Lipinski definition) is 3. The molecule has 4 nitrogen and oxygen atoms in total. The molecule has 1 fully saturated rings. The van der Waals surface area contributed by atoms with Crippen LogP contribution >= 0.6 is 0 Å². The van der Waals surface area contributed by atoms with Crippen LogP contribution in [0, 0.1) is 11.3 Å². The summed E-state index contributed by atoms with van der Waals surface area (Å²) < 4.78 is 0. The van der Waals surface area contributed by atoms with Gasteiger partial charge in [-0.3, -0.25) is 9.78 Å². The highest BCUT2D eigenvalue weighted by Gasteiger charge is 2.44. The second-order valence-electron chi connectivity index (χ2n) is 5.72. The second kappa shape index (κ2) is 5.70. The molecule has 4 heteroatoms. The first-order chi connectivity index (χ1) is 9.06. The molecule has 0 spiro atoms. The van der Waals surface area contributed by atoms with E-state index in [1.807, 2.05) is 19.1 Å². The molecule has 2 rings (SSSR count). The van der Waals surface area contributed by atoms with Crippen molar-refractivity contribution in [1.82, 2.24) is 15.6 Å². The molecule has 19 heavy (non-hydrogen) atoms. The zero-order valence-corrected chi connectivity index (χ0v) is 11.9. The Labute approximate surface area is 115 Å². The van der Waals surface area contributed by atoms with E-state index in [4.69, 9.17) is 0 Å². The van der Waals surface area contributed by atoms with E-state index in [9.17, 15) is 4.79 Å². The predicted molar refractivity (Wildman–Crippen MR) is 75.6 cm³/mol. The number of nitrogens with zero attached hydrogens (tertiary/aromatic N) is 1. The van der Waals surface area contributed by atoms with E-state index in [1.165, 1.54) is 0 Å². The molecule has 0 aromatic carbocycles. The van der Waals surface area contributed by atoms with Crippen LogP contribution in [0.1, 0.15) is 38.8 Å². The van der Waals surface area contributed by atoms with E-state index >= 15 is 0 Å². The lowest BCUT2D eigenvalue weighted by Gasteiger charge is -2.32. The topological polar surface area (TPSA) is 54.0 Å². The van der Waals surface area contributed by atoms with E-state index in [0.29, 0.717) is 5.92 Å². The minimum atomic E-state index is -0.267. The van der Waals surface area contributed by atoms with Gasteiger partial charge < -0.3 is 10.6 Å². The van der Waals surface area contributed by atoms with Crippen molar-refractivity contribution in [3.8, 4) is 0 Å². The summed E-state index contributed by atoms with van der Waals surface area (Å²) in [6, 6.07) is 3.89. The predicted octanol–water partition coefficient (Wildman–Crippen LogP) is 1.89. The maximum Gasteiger partial charge on any atom is 0.228 e. The lowest BCUT2D eigenvalue weighted by Crippen LogP contribution is -2.46. The summed E-state index contributed by atoms with van der Waals surface area (Å²) in [6.45, 7) is 7.96. The van der Waals surface area contributed by atoms with Crippen LogP contribution in [0.2, 0.25) is 0 Å². The molecule has 2 heterocycles. The van der Waals surface area contributed by atoms with Crippen molar-refractivity contribution in [2.24, 2.45) is 11.3 Å². The van der Waals surface area contributed by atoms with E-state index < -0.39 is 0 Å². The average Bonchev–Trinajstić information content (AvgIpc) is 2.90. The van der Waals surface area contributed by atoms with E-state index in [-0.39, 0.29) is 17.4 Å². The third-order valence-corrected chi connectivity index (χ3v) is 4.28. The van der Waals surface area contributed by atoms with Gasteiger partial charge in [0.15, 0.2) is 0 Å². The first-order valence-corrected chi connectivity index (χ1v) is 6.98. The number of amides is 1. The molecule has 2 atom stereocenters. The van der Waals surface area contributed by atoms with Gasteiger partial charge in [0.05, 0.1) is 11.5 Å². The molecule has 1 amide bonds. The summed E-state index contributed by atoms with van der Waals surface area (Å²) in [5.41, 5.74) is 0.775. The number of carbonyl (C=O) groups excluding carboxylic acids is 1. The molecule has 0 bridgehead atoms. The molecule has 1 aromatic heterocycles. The molecule has 1 aliphatic rings. The number of nitrogens with one attached hydrogen (secondary N) is 2. The fourth-order valence-electron chi connectivity index (χ4n) is 2.72. The summed E-state index contributed by atoms with van der Waals surface area (Å²) in [5.74, 6) is 0.493. The standard InChI is InChI=1S/C15H23N3O/c1-11(2)15(6-8-17-10-15)14(19)18-12(3)13-5-4-7-16-9-13/h4-5,7,9,11-12,17H,6,8,10H2,1-3H3,(H,18,19)/t12-,15?/m0/s1. The average molecular weight is 261 g/mol. The Morgan fingerprint density at radius 1 is 1.47 bits per heavy atom. The fourth-order valence-corrected chi connectivity index (χ4v) is 2.72. The quantitative estimate of drug-likeness (QED) is 0.870. The zero-order valence-electron chi connectivity index (χ0n) is 11.9. The molecule has 2 N–H and O–H groups in total. The Balaban J connectivity index is 2.08. The number of hydrogen-bond donors (Lipinski definition) is 2. The maximum absolute atomic E-state index is 12.6. The van der Waals surface area contributed by atoms with Gasteiger partial charge in [0.25, 0.3) is 0 Å². The van der Waals surface area contributed by atoms with Crippen molar-refractivity contribution >= 4 is 5.91 Å². The van der Waals surface area contributed by atoms with Gasteiger partial charge in [0.1, 0.15) is 0 Å². The van der Waals surface area contributed by atoms with Crippen LogP contribution < -0.4 is 10.6 Å². The minimum absolute atomic E-state index is 0.00238. The molecular weight excluding hydrogens is 238 g/mol. The first-order valence-electron chi connectivity index (χ1n) is 6.98. The van der Waals surface area contributed by atoms with Crippen molar-refractivity contribution in [2.45, 2.75) is 33.2 Å². The molecule has 0 aliphatic carbocycles. The van der Waals surface area contributed by atoms with Crippen molar-refractivity contribution in [3.05, 3.63) is 30.1 Å². The van der Waals surface area contributed by atoms with Crippen molar-refractivity contribution < 1.29 is 4.79 Å². The van der Waals surface area contributed by atoms with Gasteiger partial charge in [0.2, 0.25) is 5.91 Å². The molecule has 104 valence electrons. The van der Waals surface area contributed by atoms with Gasteiger partial charge in [-0.25, -0.2) is 0 Å². The molecule has 1 aromatic rings. The van der Waals surface area contributed by atoms with Crippen LogP contribution in [0.15, 0.2) is 24.5 Å². The SMILES string of the molecule is CC(C)C1(C(=O)N[C@@H](C)c2cccnc2)CCNC1. The van der Waals surface area contributed by atoms with Crippen LogP contribution in [0.25, 0.3) is 0 Å². The van der Waals surface area contributed by atoms with Crippen LogP contribution in [-0.2, 0) is 4.79 Å². The van der Waals surface area contributed by atoms with Crippen molar-refractivity contribution in [3.63, 3.8) is 0 Å². The monoisotopic (exact) mass is 261 g/mol. The Morgan fingerprint density at radius 3 is 2.79 bits per heavy atom. The Bertz CT molecular complexity index is 424. The van der Waals surface area contributed by atoms with E-state index in [2.05, 4.69) is 29.5 Å². The van der Waals surface area contributed by atoms with Gasteiger partial charge >= 0.3 is 0 Å². The molecule has 0 radical (unpaired) electrons. The Kier molecular flexibility index (Phi) is 4.20. The number of rotatable bonds is 4. The highest BCUT2D eigenvalue weighted by molar-refractivity contribution is 5.84. The molecular formula is C15H23N3O. The van der Waals surface area contributed by atoms with Gasteiger partial charge in [0, 0.05) is 18.9 Å². The van der Waals surface area contributed by atoms with Gasteiger partial charge in [-0.05, 0) is 37.4 Å². The van der Waals surface area contributed by atoms with E-state index in [0.717, 1.165) is 25.1 Å². The fraction of sp³-hybridized carbons (Fsp3) is 0.600. The lowest BCUT2D eigenvalue weighted by atomic mass is 9.75. The third-order valence-electron chi connectivity index (χ3n) is 4.28. The highest BCUT2D eigenvalue weighted by Crippen LogP contribution is 2.35. The van der Waals surface area contributed by atoms with Crippen LogP contribution in [0.4, 0.5) is 0 Å². The smallest absolute Gasteiger partial charge is 0.228 e. The molecule has 0 saturated carbocycles. The summed E-state index contributed by atoms with van der Waals surface area (Å²) >= 11 is 0. The van der Waals surface area contributed by atoms with Crippen molar-refractivity contribution in [2.75, 3.05) is 13.1 Å². The van der Waals surface area contributed by atoms with Gasteiger partial charge in [-0.1, -0.05) is 19.9 Å². The zero-order chi connectivity index (χ0) is 13.9. The summed E-state index contributed by atoms with van der Waals surface area (Å²) in [6.07, 6.45) is 4.46. The maximum atomic E-state index is 12.6. The normalized spacial score (nSPS) is 24.4. The van der Waals surface area contributed by atoms with Gasteiger partial charge in [-0.2, -0.15) is 0 Å². The lowest BCUT2D eigenvalue weighted by molar-refractivity contribution is -0.133. The largest absolute Gasteiger partial charge is 0.349 e. The Hall–Kier alpha value is -1.42. The summed E-state index contributed by atoms with van der Waals surface area (Å²) in [7, 11) is 0.